The first-order valence-electron chi connectivity index (χ1n) is 3.08. The Hall–Kier alpha value is -1.41. The van der Waals surface area contributed by atoms with Gasteiger partial charge in [-0.1, -0.05) is 0 Å². The average Bonchev–Trinajstić information content (AvgIpc) is 2.15. The van der Waals surface area contributed by atoms with Crippen molar-refractivity contribution in [3.8, 4) is 11.8 Å². The van der Waals surface area contributed by atoms with E-state index in [1.807, 2.05) is 0 Å². The van der Waals surface area contributed by atoms with Crippen LogP contribution in [0.25, 0.3) is 0 Å². The van der Waals surface area contributed by atoms with Crippen LogP contribution in [-0.2, 0) is 15.9 Å². The fourth-order valence-corrected chi connectivity index (χ4v) is 1.43. The van der Waals surface area contributed by atoms with Gasteiger partial charge in [-0.2, -0.15) is 8.42 Å². The van der Waals surface area contributed by atoms with E-state index in [4.69, 9.17) is 20.0 Å². The van der Waals surface area contributed by atoms with Crippen molar-refractivity contribution in [3.63, 3.8) is 0 Å². The molecule has 1 rings (SSSR count). The Balaban J connectivity index is 3.11. The summed E-state index contributed by atoms with van der Waals surface area (Å²) >= 11 is 0. The summed E-state index contributed by atoms with van der Waals surface area (Å²) in [6.07, 6.45) is 0. The van der Waals surface area contributed by atoms with Crippen LogP contribution in [0.5, 0.6) is 11.8 Å². The van der Waals surface area contributed by atoms with Gasteiger partial charge in [0.15, 0.2) is 0 Å². The summed E-state index contributed by atoms with van der Waals surface area (Å²) in [5, 5.41) is 26.5. The third kappa shape index (κ3) is 2.04. The minimum absolute atomic E-state index is 0.000509. The summed E-state index contributed by atoms with van der Waals surface area (Å²) in [7, 11) is -4.30. The van der Waals surface area contributed by atoms with Crippen LogP contribution in [0.1, 0.15) is 5.56 Å². The van der Waals surface area contributed by atoms with Gasteiger partial charge >= 0.3 is 0 Å². The number of hydrogen-bond acceptors (Lipinski definition) is 5. The van der Waals surface area contributed by atoms with E-state index in [0.717, 1.165) is 6.07 Å². The zero-order valence-corrected chi connectivity index (χ0v) is 7.06. The highest BCUT2D eigenvalue weighted by Crippen LogP contribution is 2.26. The molecule has 0 saturated heterocycles. The molecule has 0 saturated carbocycles. The lowest BCUT2D eigenvalue weighted by Crippen LogP contribution is -2.01. The Morgan fingerprint density at radius 3 is 2.23 bits per heavy atom. The van der Waals surface area contributed by atoms with Gasteiger partial charge < -0.3 is 15.4 Å². The molecule has 0 aliphatic carbocycles. The molecule has 0 spiro atoms. The van der Waals surface area contributed by atoms with Crippen molar-refractivity contribution in [3.05, 3.63) is 11.6 Å². The van der Waals surface area contributed by atoms with E-state index >= 15 is 0 Å². The minimum atomic E-state index is -4.30. The van der Waals surface area contributed by atoms with E-state index < -0.39 is 27.6 Å². The third-order valence-corrected chi connectivity index (χ3v) is 2.02. The zero-order chi connectivity index (χ0) is 10.2. The van der Waals surface area contributed by atoms with Crippen LogP contribution in [0.3, 0.4) is 0 Å². The monoisotopic (exact) mass is 209 g/mol. The molecule has 0 amide bonds. The molecular weight excluding hydrogens is 202 g/mol. The highest BCUT2D eigenvalue weighted by atomic mass is 32.2. The van der Waals surface area contributed by atoms with Gasteiger partial charge in [0.05, 0.1) is 0 Å². The molecule has 0 fully saturated rings. The smallest absolute Gasteiger partial charge is 0.269 e. The van der Waals surface area contributed by atoms with E-state index in [1.165, 1.54) is 0 Å². The van der Waals surface area contributed by atoms with Crippen LogP contribution in [0, 0.1) is 0 Å². The van der Waals surface area contributed by atoms with Crippen LogP contribution in [0.4, 0.5) is 0 Å². The average molecular weight is 209 g/mol. The number of nitrogens with zero attached hydrogens (tertiary/aromatic N) is 1. The molecule has 0 aliphatic heterocycles. The molecule has 74 valence electrons. The lowest BCUT2D eigenvalue weighted by molar-refractivity contribution is 0.130. The summed E-state index contributed by atoms with van der Waals surface area (Å²) in [6, 6.07) is 0.823. The second-order valence-corrected chi connectivity index (χ2v) is 3.84. The van der Waals surface area contributed by atoms with Crippen molar-refractivity contribution >= 4 is 10.1 Å². The van der Waals surface area contributed by atoms with Crippen molar-refractivity contribution in [1.82, 2.24) is 4.73 Å². The van der Waals surface area contributed by atoms with E-state index in [1.54, 1.807) is 0 Å². The SMILES string of the molecule is O=S(=O)(O)Cc1cc(O)n(O)c1O. The van der Waals surface area contributed by atoms with Gasteiger partial charge in [0.25, 0.3) is 10.1 Å². The van der Waals surface area contributed by atoms with Gasteiger partial charge in [-0.15, -0.1) is 4.73 Å². The maximum absolute atomic E-state index is 10.3. The van der Waals surface area contributed by atoms with Crippen LogP contribution >= 0.6 is 0 Å². The minimum Gasteiger partial charge on any atom is -0.492 e. The normalized spacial score (nSPS) is 11.8. The first-order chi connectivity index (χ1) is 5.81. The van der Waals surface area contributed by atoms with Gasteiger partial charge in [-0.05, 0) is 0 Å². The van der Waals surface area contributed by atoms with E-state index in [-0.39, 0.29) is 10.3 Å². The lowest BCUT2D eigenvalue weighted by Gasteiger charge is -1.96. The standard InChI is InChI=1S/C5H7NO6S/c7-4-1-3(2-13(10,11)12)5(8)6(4)9/h1,7-9H,2H2,(H,10,11,12). The molecule has 4 N–H and O–H groups in total. The molecule has 13 heavy (non-hydrogen) atoms. The fourth-order valence-electron chi connectivity index (χ4n) is 0.829. The van der Waals surface area contributed by atoms with E-state index in [2.05, 4.69) is 0 Å². The van der Waals surface area contributed by atoms with Crippen LogP contribution in [0.2, 0.25) is 0 Å². The van der Waals surface area contributed by atoms with Crippen molar-refractivity contribution in [2.24, 2.45) is 0 Å². The van der Waals surface area contributed by atoms with Crippen molar-refractivity contribution in [2.45, 2.75) is 5.75 Å². The highest BCUT2D eigenvalue weighted by Gasteiger charge is 2.17. The number of rotatable bonds is 2. The van der Waals surface area contributed by atoms with Crippen molar-refractivity contribution in [1.29, 1.82) is 0 Å². The molecule has 0 radical (unpaired) electrons. The predicted octanol–water partition coefficient (Wildman–Crippen LogP) is -0.476. The van der Waals surface area contributed by atoms with Crippen molar-refractivity contribution in [2.75, 3.05) is 0 Å². The van der Waals surface area contributed by atoms with E-state index in [0.29, 0.717) is 0 Å². The Morgan fingerprint density at radius 2 is 1.92 bits per heavy atom. The maximum atomic E-state index is 10.3. The van der Waals surface area contributed by atoms with Crippen molar-refractivity contribution < 1.29 is 28.4 Å². The van der Waals surface area contributed by atoms with Crippen LogP contribution in [0.15, 0.2) is 6.07 Å². The number of hydrogen-bond donors (Lipinski definition) is 4. The highest BCUT2D eigenvalue weighted by molar-refractivity contribution is 7.85. The molecule has 0 aromatic carbocycles. The summed E-state index contributed by atoms with van der Waals surface area (Å²) < 4.78 is 29.1. The predicted molar refractivity (Wildman–Crippen MR) is 40.2 cm³/mol. The van der Waals surface area contributed by atoms with Crippen LogP contribution in [-0.4, -0.2) is 33.1 Å². The zero-order valence-electron chi connectivity index (χ0n) is 6.25. The van der Waals surface area contributed by atoms with Gasteiger partial charge in [0, 0.05) is 11.6 Å². The second-order valence-electron chi connectivity index (χ2n) is 2.39. The number of aromatic hydroxyl groups is 2. The third-order valence-electron chi connectivity index (χ3n) is 1.35. The number of aromatic nitrogens is 1. The molecule has 1 aromatic heterocycles. The molecule has 1 heterocycles. The van der Waals surface area contributed by atoms with Gasteiger partial charge in [-0.25, -0.2) is 0 Å². The topological polar surface area (TPSA) is 120 Å². The van der Waals surface area contributed by atoms with Crippen LogP contribution < -0.4 is 0 Å². The Morgan fingerprint density at radius 1 is 1.38 bits per heavy atom. The van der Waals surface area contributed by atoms with Gasteiger partial charge in [0.1, 0.15) is 5.75 Å². The van der Waals surface area contributed by atoms with E-state index in [9.17, 15) is 8.42 Å². The summed E-state index contributed by atoms with van der Waals surface area (Å²) in [5.41, 5.74) is -0.289. The first-order valence-corrected chi connectivity index (χ1v) is 4.69. The molecule has 0 atom stereocenters. The molecule has 7 nitrogen and oxygen atoms in total. The largest absolute Gasteiger partial charge is 0.492 e. The molecule has 0 aliphatic rings. The molecule has 0 unspecified atom stereocenters. The first kappa shape index (κ1) is 9.68. The lowest BCUT2D eigenvalue weighted by atomic mass is 10.4. The van der Waals surface area contributed by atoms with Gasteiger partial charge in [-0.3, -0.25) is 4.55 Å². The molecule has 1 aromatic rings. The fraction of sp³-hybridized carbons (Fsp3) is 0.200. The quantitative estimate of drug-likeness (QED) is 0.386. The summed E-state index contributed by atoms with van der Waals surface area (Å²) in [4.78, 5) is 0. The second kappa shape index (κ2) is 2.82. The summed E-state index contributed by atoms with van der Waals surface area (Å²) in [5.74, 6) is -2.41. The Bertz CT molecular complexity index is 418. The maximum Gasteiger partial charge on any atom is 0.269 e. The van der Waals surface area contributed by atoms with Gasteiger partial charge in [0.2, 0.25) is 11.8 Å². The molecular formula is C5H7NO6S. The Labute approximate surface area is 73.2 Å². The summed E-state index contributed by atoms with van der Waals surface area (Å²) in [6.45, 7) is 0. The molecule has 8 heteroatoms. The Kier molecular flexibility index (Phi) is 2.10. The molecule has 0 bridgehead atoms.